The molecule has 0 radical (unpaired) electrons. The second-order valence-electron chi connectivity index (χ2n) is 8.84. The van der Waals surface area contributed by atoms with Gasteiger partial charge < -0.3 is 15.5 Å². The molecule has 0 aliphatic heterocycles. The Morgan fingerprint density at radius 3 is 2.29 bits per heavy atom. The van der Waals surface area contributed by atoms with Gasteiger partial charge >= 0.3 is 6.03 Å². The predicted octanol–water partition coefficient (Wildman–Crippen LogP) is 5.91. The van der Waals surface area contributed by atoms with Gasteiger partial charge in [0.15, 0.2) is 5.82 Å². The number of benzene rings is 3. The van der Waals surface area contributed by atoms with E-state index in [1.54, 1.807) is 0 Å². The maximum atomic E-state index is 12.9. The van der Waals surface area contributed by atoms with E-state index in [-0.39, 0.29) is 6.03 Å². The Kier molecular flexibility index (Phi) is 7.35. The van der Waals surface area contributed by atoms with E-state index in [9.17, 15) is 4.79 Å². The summed E-state index contributed by atoms with van der Waals surface area (Å²) in [5, 5.41) is 20.3. The molecule has 3 N–H and O–H groups in total. The van der Waals surface area contributed by atoms with Gasteiger partial charge in [-0.1, -0.05) is 72.3 Å². The largest absolute Gasteiger partial charge is 0.352 e. The smallest absolute Gasteiger partial charge is 0.323 e. The summed E-state index contributed by atoms with van der Waals surface area (Å²) in [6, 6.07) is 29.1. The average Bonchev–Trinajstić information content (AvgIpc) is 3.48. The number of nitrogens with zero attached hydrogens (tertiary/aromatic N) is 5. The van der Waals surface area contributed by atoms with E-state index in [2.05, 4.69) is 55.2 Å². The van der Waals surface area contributed by atoms with Crippen LogP contribution in [0.5, 0.6) is 0 Å². The zero-order chi connectivity index (χ0) is 26.3. The number of aryl methyl sites for hydroxylation is 1. The fourth-order valence-corrected chi connectivity index (χ4v) is 4.16. The van der Waals surface area contributed by atoms with Crippen molar-refractivity contribution < 1.29 is 4.79 Å². The molecule has 5 aromatic rings. The highest BCUT2D eigenvalue weighted by atomic mass is 16.2. The molecule has 0 unspecified atom stereocenters. The molecule has 0 bridgehead atoms. The van der Waals surface area contributed by atoms with Crippen LogP contribution in [-0.2, 0) is 6.54 Å². The quantitative estimate of drug-likeness (QED) is 0.242. The van der Waals surface area contributed by atoms with Crippen LogP contribution in [0.15, 0.2) is 91.0 Å². The number of urea groups is 1. The van der Waals surface area contributed by atoms with E-state index in [0.29, 0.717) is 29.4 Å². The van der Waals surface area contributed by atoms with Gasteiger partial charge in [0.2, 0.25) is 0 Å². The third-order valence-corrected chi connectivity index (χ3v) is 6.10. The summed E-state index contributed by atoms with van der Waals surface area (Å²) in [6.45, 7) is 5.50. The minimum Gasteiger partial charge on any atom is -0.352 e. The summed E-state index contributed by atoms with van der Waals surface area (Å²) in [4.78, 5) is 20.1. The van der Waals surface area contributed by atoms with Crippen molar-refractivity contribution in [3.63, 3.8) is 0 Å². The third-order valence-electron chi connectivity index (χ3n) is 6.10. The van der Waals surface area contributed by atoms with Gasteiger partial charge in [-0.2, -0.15) is 0 Å². The number of H-pyrrole nitrogens is 1. The number of pyridine rings is 1. The number of anilines is 3. The summed E-state index contributed by atoms with van der Waals surface area (Å²) >= 11 is 0. The lowest BCUT2D eigenvalue weighted by molar-refractivity contribution is 0.262. The van der Waals surface area contributed by atoms with E-state index in [1.165, 1.54) is 5.56 Å². The Labute approximate surface area is 220 Å². The van der Waals surface area contributed by atoms with Crippen molar-refractivity contribution in [3.05, 3.63) is 102 Å². The number of amides is 2. The van der Waals surface area contributed by atoms with Crippen LogP contribution in [0.1, 0.15) is 18.1 Å². The zero-order valence-corrected chi connectivity index (χ0v) is 21.2. The highest BCUT2D eigenvalue weighted by Crippen LogP contribution is 2.32. The highest BCUT2D eigenvalue weighted by Gasteiger charge is 2.16. The fraction of sp³-hybridized carbons (Fsp3) is 0.138. The molecule has 2 amide bonds. The van der Waals surface area contributed by atoms with Crippen LogP contribution in [0, 0.1) is 6.92 Å². The SMILES string of the molecule is CCN(Cc1ccccc1)c1cc(NC(=O)Nc2ccc(C)cc2)cc(-c2ccccc2-c2nnn[nH]2)n1. The minimum absolute atomic E-state index is 0.337. The molecule has 0 atom stereocenters. The van der Waals surface area contributed by atoms with Gasteiger partial charge in [0, 0.05) is 41.7 Å². The van der Waals surface area contributed by atoms with Crippen LogP contribution in [0.2, 0.25) is 0 Å². The van der Waals surface area contributed by atoms with Crippen molar-refractivity contribution >= 4 is 23.2 Å². The number of aromatic nitrogens is 5. The summed E-state index contributed by atoms with van der Waals surface area (Å²) in [6.07, 6.45) is 0. The lowest BCUT2D eigenvalue weighted by Crippen LogP contribution is -2.24. The molecule has 0 aliphatic carbocycles. The lowest BCUT2D eigenvalue weighted by atomic mass is 10.0. The second-order valence-corrected chi connectivity index (χ2v) is 8.84. The molecule has 9 nitrogen and oxygen atoms in total. The van der Waals surface area contributed by atoms with Crippen molar-refractivity contribution in [2.75, 3.05) is 22.1 Å². The molecular weight excluding hydrogens is 476 g/mol. The Morgan fingerprint density at radius 2 is 1.58 bits per heavy atom. The van der Waals surface area contributed by atoms with Gasteiger partial charge in [0.25, 0.3) is 0 Å². The predicted molar refractivity (Wildman–Crippen MR) is 150 cm³/mol. The number of rotatable bonds is 8. The first kappa shape index (κ1) is 24.6. The average molecular weight is 505 g/mol. The number of carbonyl (C=O) groups excluding carboxylic acids is 1. The van der Waals surface area contributed by atoms with E-state index < -0.39 is 0 Å². The Morgan fingerprint density at radius 1 is 0.868 bits per heavy atom. The van der Waals surface area contributed by atoms with Crippen LogP contribution in [0.4, 0.5) is 22.0 Å². The van der Waals surface area contributed by atoms with Crippen molar-refractivity contribution in [1.29, 1.82) is 0 Å². The van der Waals surface area contributed by atoms with Gasteiger partial charge in [0.1, 0.15) is 5.82 Å². The normalized spacial score (nSPS) is 10.7. The number of hydrogen-bond donors (Lipinski definition) is 3. The molecule has 3 aromatic carbocycles. The molecule has 0 saturated heterocycles. The van der Waals surface area contributed by atoms with Gasteiger partial charge in [-0.15, -0.1) is 5.10 Å². The van der Waals surface area contributed by atoms with Crippen molar-refractivity contribution in [3.8, 4) is 22.6 Å². The van der Waals surface area contributed by atoms with Crippen molar-refractivity contribution in [2.45, 2.75) is 20.4 Å². The second kappa shape index (κ2) is 11.3. The van der Waals surface area contributed by atoms with Gasteiger partial charge in [-0.3, -0.25) is 0 Å². The maximum absolute atomic E-state index is 12.9. The molecular formula is C29H28N8O. The number of nitrogens with one attached hydrogen (secondary N) is 3. The number of carbonyl (C=O) groups is 1. The molecule has 0 aliphatic rings. The topological polar surface area (TPSA) is 112 Å². The standard InChI is InChI=1S/C29H28N8O/c1-3-37(19-21-9-5-4-6-10-21)27-18-23(31-29(38)30-22-15-13-20(2)14-16-22)17-26(32-27)24-11-7-8-12-25(24)28-33-35-36-34-28/h4-18H,3,19H2,1-2H3,(H2,30,31,32,38)(H,33,34,35,36). The third kappa shape index (κ3) is 5.84. The summed E-state index contributed by atoms with van der Waals surface area (Å²) in [5.41, 5.74) is 5.96. The van der Waals surface area contributed by atoms with Crippen molar-refractivity contribution in [2.24, 2.45) is 0 Å². The van der Waals surface area contributed by atoms with E-state index >= 15 is 0 Å². The first-order chi connectivity index (χ1) is 18.6. The number of tetrazole rings is 1. The van der Waals surface area contributed by atoms with Crippen LogP contribution in [0.3, 0.4) is 0 Å². The Hall–Kier alpha value is -5.05. The fourth-order valence-electron chi connectivity index (χ4n) is 4.16. The first-order valence-corrected chi connectivity index (χ1v) is 12.4. The molecule has 38 heavy (non-hydrogen) atoms. The number of hydrogen-bond acceptors (Lipinski definition) is 6. The van der Waals surface area contributed by atoms with Gasteiger partial charge in [-0.25, -0.2) is 14.9 Å². The van der Waals surface area contributed by atoms with Gasteiger partial charge in [0.05, 0.1) is 5.69 Å². The Balaban J connectivity index is 1.52. The van der Waals surface area contributed by atoms with Crippen LogP contribution in [0.25, 0.3) is 22.6 Å². The van der Waals surface area contributed by atoms with E-state index in [4.69, 9.17) is 4.98 Å². The molecule has 2 aromatic heterocycles. The summed E-state index contributed by atoms with van der Waals surface area (Å²) in [5.74, 6) is 1.28. The van der Waals surface area contributed by atoms with E-state index in [1.807, 2.05) is 85.8 Å². The first-order valence-electron chi connectivity index (χ1n) is 12.4. The minimum atomic E-state index is -0.337. The number of aromatic amines is 1. The zero-order valence-electron chi connectivity index (χ0n) is 21.2. The molecule has 0 saturated carbocycles. The van der Waals surface area contributed by atoms with Crippen LogP contribution >= 0.6 is 0 Å². The molecule has 9 heteroatoms. The van der Waals surface area contributed by atoms with Crippen molar-refractivity contribution in [1.82, 2.24) is 25.6 Å². The maximum Gasteiger partial charge on any atom is 0.323 e. The summed E-state index contributed by atoms with van der Waals surface area (Å²) in [7, 11) is 0. The van der Waals surface area contributed by atoms with Crippen LogP contribution in [-0.4, -0.2) is 38.2 Å². The monoisotopic (exact) mass is 504 g/mol. The van der Waals surface area contributed by atoms with Crippen LogP contribution < -0.4 is 15.5 Å². The molecule has 2 heterocycles. The molecule has 0 spiro atoms. The molecule has 190 valence electrons. The van der Waals surface area contributed by atoms with E-state index in [0.717, 1.165) is 29.1 Å². The molecule has 5 rings (SSSR count). The Bertz CT molecular complexity index is 1500. The summed E-state index contributed by atoms with van der Waals surface area (Å²) < 4.78 is 0. The lowest BCUT2D eigenvalue weighted by Gasteiger charge is -2.24. The highest BCUT2D eigenvalue weighted by molar-refractivity contribution is 6.00. The molecule has 0 fully saturated rings. The van der Waals surface area contributed by atoms with Gasteiger partial charge in [-0.05, 0) is 48.0 Å².